The number of nitrogens with two attached hydrogens (primary N) is 1. The molecule has 2 unspecified atom stereocenters. The fourth-order valence-corrected chi connectivity index (χ4v) is 1.45. The van der Waals surface area contributed by atoms with Crippen molar-refractivity contribution in [2.45, 2.75) is 32.7 Å². The van der Waals surface area contributed by atoms with E-state index in [0.29, 0.717) is 0 Å². The third-order valence-corrected chi connectivity index (χ3v) is 2.66. The first-order valence-corrected chi connectivity index (χ1v) is 5.02. The molecule has 0 amide bonds. The van der Waals surface area contributed by atoms with Crippen molar-refractivity contribution in [3.8, 4) is 0 Å². The SMILES string of the molecule is Cc1cc2nnc(C(C)C(C)N)n2cn1. The Labute approximate surface area is 88.3 Å². The van der Waals surface area contributed by atoms with E-state index in [1.807, 2.05) is 31.2 Å². The highest BCUT2D eigenvalue weighted by Crippen LogP contribution is 2.16. The molecule has 0 saturated carbocycles. The topological polar surface area (TPSA) is 69.1 Å². The summed E-state index contributed by atoms with van der Waals surface area (Å²) in [5.41, 5.74) is 7.61. The predicted octanol–water partition coefficient (Wildman–Crippen LogP) is 0.883. The Morgan fingerprint density at radius 3 is 2.73 bits per heavy atom. The lowest BCUT2D eigenvalue weighted by Crippen LogP contribution is -2.24. The van der Waals surface area contributed by atoms with Crippen molar-refractivity contribution in [3.05, 3.63) is 23.9 Å². The molecule has 2 rings (SSSR count). The van der Waals surface area contributed by atoms with Crippen LogP contribution in [0.3, 0.4) is 0 Å². The molecule has 0 aliphatic carbocycles. The van der Waals surface area contributed by atoms with Gasteiger partial charge in [-0.3, -0.25) is 4.40 Å². The van der Waals surface area contributed by atoms with E-state index in [1.165, 1.54) is 0 Å². The average molecular weight is 205 g/mol. The highest BCUT2D eigenvalue weighted by molar-refractivity contribution is 5.38. The second-order valence-corrected chi connectivity index (χ2v) is 3.96. The van der Waals surface area contributed by atoms with Crippen LogP contribution in [0.1, 0.15) is 31.3 Å². The Balaban J connectivity index is 2.54. The van der Waals surface area contributed by atoms with Crippen LogP contribution >= 0.6 is 0 Å². The smallest absolute Gasteiger partial charge is 0.163 e. The van der Waals surface area contributed by atoms with E-state index in [-0.39, 0.29) is 12.0 Å². The van der Waals surface area contributed by atoms with Crippen molar-refractivity contribution in [2.75, 3.05) is 0 Å². The zero-order valence-corrected chi connectivity index (χ0v) is 9.18. The molecule has 0 saturated heterocycles. The van der Waals surface area contributed by atoms with E-state index in [1.54, 1.807) is 6.33 Å². The Morgan fingerprint density at radius 1 is 1.33 bits per heavy atom. The van der Waals surface area contributed by atoms with Crippen LogP contribution < -0.4 is 5.73 Å². The van der Waals surface area contributed by atoms with E-state index in [2.05, 4.69) is 15.2 Å². The summed E-state index contributed by atoms with van der Waals surface area (Å²) in [7, 11) is 0. The van der Waals surface area contributed by atoms with Crippen molar-refractivity contribution in [1.82, 2.24) is 19.6 Å². The van der Waals surface area contributed by atoms with Gasteiger partial charge >= 0.3 is 0 Å². The minimum atomic E-state index is 0.0544. The van der Waals surface area contributed by atoms with Gasteiger partial charge in [0.1, 0.15) is 12.2 Å². The number of rotatable bonds is 2. The van der Waals surface area contributed by atoms with Crippen LogP contribution in [0, 0.1) is 6.92 Å². The summed E-state index contributed by atoms with van der Waals surface area (Å²) in [5, 5.41) is 8.25. The normalized spacial score (nSPS) is 15.5. The minimum Gasteiger partial charge on any atom is -0.327 e. The van der Waals surface area contributed by atoms with Crippen molar-refractivity contribution < 1.29 is 0 Å². The van der Waals surface area contributed by atoms with Gasteiger partial charge in [-0.05, 0) is 13.8 Å². The molecule has 2 atom stereocenters. The molecule has 2 aromatic heterocycles. The van der Waals surface area contributed by atoms with Crippen molar-refractivity contribution in [3.63, 3.8) is 0 Å². The van der Waals surface area contributed by atoms with Gasteiger partial charge in [-0.15, -0.1) is 10.2 Å². The number of hydrogen-bond acceptors (Lipinski definition) is 4. The van der Waals surface area contributed by atoms with Crippen LogP contribution in [-0.4, -0.2) is 25.6 Å². The predicted molar refractivity (Wildman–Crippen MR) is 57.6 cm³/mol. The van der Waals surface area contributed by atoms with Gasteiger partial charge in [0.15, 0.2) is 5.65 Å². The van der Waals surface area contributed by atoms with Gasteiger partial charge < -0.3 is 5.73 Å². The van der Waals surface area contributed by atoms with Crippen LogP contribution in [0.2, 0.25) is 0 Å². The van der Waals surface area contributed by atoms with E-state index >= 15 is 0 Å². The highest BCUT2D eigenvalue weighted by Gasteiger charge is 2.16. The summed E-state index contributed by atoms with van der Waals surface area (Å²) in [6.45, 7) is 5.94. The third-order valence-electron chi connectivity index (χ3n) is 2.66. The summed E-state index contributed by atoms with van der Waals surface area (Å²) < 4.78 is 1.89. The zero-order valence-electron chi connectivity index (χ0n) is 9.18. The maximum absolute atomic E-state index is 5.85. The summed E-state index contributed by atoms with van der Waals surface area (Å²) in [6, 6.07) is 1.96. The summed E-state index contributed by atoms with van der Waals surface area (Å²) in [5.74, 6) is 1.04. The van der Waals surface area contributed by atoms with E-state index in [4.69, 9.17) is 5.73 Å². The van der Waals surface area contributed by atoms with E-state index in [0.717, 1.165) is 17.2 Å². The third kappa shape index (κ3) is 1.70. The molecule has 80 valence electrons. The van der Waals surface area contributed by atoms with Gasteiger partial charge in [0.25, 0.3) is 0 Å². The molecule has 5 heteroatoms. The fraction of sp³-hybridized carbons (Fsp3) is 0.500. The highest BCUT2D eigenvalue weighted by atomic mass is 15.3. The molecule has 2 aromatic rings. The molecule has 15 heavy (non-hydrogen) atoms. The monoisotopic (exact) mass is 205 g/mol. The maximum atomic E-state index is 5.85. The summed E-state index contributed by atoms with van der Waals surface area (Å²) >= 11 is 0. The first-order chi connectivity index (χ1) is 7.09. The van der Waals surface area contributed by atoms with Gasteiger partial charge in [-0.1, -0.05) is 6.92 Å². The van der Waals surface area contributed by atoms with Gasteiger partial charge in [-0.2, -0.15) is 0 Å². The van der Waals surface area contributed by atoms with Crippen LogP contribution in [0.15, 0.2) is 12.4 Å². The molecule has 0 aliphatic heterocycles. The Bertz CT molecular complexity index is 474. The maximum Gasteiger partial charge on any atom is 0.163 e. The number of hydrogen-bond donors (Lipinski definition) is 1. The van der Waals surface area contributed by atoms with Crippen LogP contribution in [0.5, 0.6) is 0 Å². The lowest BCUT2D eigenvalue weighted by atomic mass is 10.0. The molecule has 0 aliphatic rings. The van der Waals surface area contributed by atoms with Crippen LogP contribution in [-0.2, 0) is 0 Å². The lowest BCUT2D eigenvalue weighted by Gasteiger charge is -2.12. The zero-order chi connectivity index (χ0) is 11.0. The molecule has 2 heterocycles. The molecule has 0 radical (unpaired) electrons. The molecule has 0 fully saturated rings. The van der Waals surface area contributed by atoms with E-state index in [9.17, 15) is 0 Å². The average Bonchev–Trinajstić information content (AvgIpc) is 2.59. The van der Waals surface area contributed by atoms with Crippen LogP contribution in [0.25, 0.3) is 5.65 Å². The number of aryl methyl sites for hydroxylation is 1. The van der Waals surface area contributed by atoms with Crippen molar-refractivity contribution in [2.24, 2.45) is 5.73 Å². The summed E-state index contributed by atoms with van der Waals surface area (Å²) in [6.07, 6.45) is 1.75. The first kappa shape index (κ1) is 10.0. The van der Waals surface area contributed by atoms with Gasteiger partial charge in [-0.25, -0.2) is 4.98 Å². The van der Waals surface area contributed by atoms with Crippen molar-refractivity contribution in [1.29, 1.82) is 0 Å². The fourth-order valence-electron chi connectivity index (χ4n) is 1.45. The second kappa shape index (κ2) is 3.58. The van der Waals surface area contributed by atoms with Crippen molar-refractivity contribution >= 4 is 5.65 Å². The molecule has 0 bridgehead atoms. The van der Waals surface area contributed by atoms with Gasteiger partial charge in [0, 0.05) is 23.7 Å². The molecule has 0 aromatic carbocycles. The van der Waals surface area contributed by atoms with Crippen LogP contribution in [0.4, 0.5) is 0 Å². The number of fused-ring (bicyclic) bond motifs is 1. The second-order valence-electron chi connectivity index (χ2n) is 3.96. The molecular weight excluding hydrogens is 190 g/mol. The standard InChI is InChI=1S/C10H15N5/c1-6-4-9-13-14-10(7(2)8(3)11)15(9)5-12-6/h4-5,7-8H,11H2,1-3H3. The summed E-state index contributed by atoms with van der Waals surface area (Å²) in [4.78, 5) is 4.22. The number of aromatic nitrogens is 4. The largest absolute Gasteiger partial charge is 0.327 e. The lowest BCUT2D eigenvalue weighted by molar-refractivity contribution is 0.574. The van der Waals surface area contributed by atoms with Gasteiger partial charge in [0.2, 0.25) is 0 Å². The number of nitrogens with zero attached hydrogens (tertiary/aromatic N) is 4. The Morgan fingerprint density at radius 2 is 2.07 bits per heavy atom. The quantitative estimate of drug-likeness (QED) is 0.790. The first-order valence-electron chi connectivity index (χ1n) is 5.02. The Kier molecular flexibility index (Phi) is 2.40. The Hall–Kier alpha value is -1.49. The molecule has 2 N–H and O–H groups in total. The molecular formula is C10H15N5. The van der Waals surface area contributed by atoms with Gasteiger partial charge in [0.05, 0.1) is 0 Å². The molecule has 0 spiro atoms. The molecule has 5 nitrogen and oxygen atoms in total. The van der Waals surface area contributed by atoms with E-state index < -0.39 is 0 Å². The minimum absolute atomic E-state index is 0.0544.